The van der Waals surface area contributed by atoms with Crippen LogP contribution in [0, 0.1) is 5.41 Å². The van der Waals surface area contributed by atoms with Crippen LogP contribution in [0.1, 0.15) is 68.2 Å². The molecular weight excluding hydrogens is 330 g/mol. The van der Waals surface area contributed by atoms with Crippen molar-refractivity contribution in [2.24, 2.45) is 15.8 Å². The molecule has 0 fully saturated rings. The molecule has 0 saturated heterocycles. The van der Waals surface area contributed by atoms with E-state index in [0.29, 0.717) is 19.4 Å². The molecule has 26 heavy (non-hydrogen) atoms. The maximum Gasteiger partial charge on any atom is 0.169 e. The van der Waals surface area contributed by atoms with Gasteiger partial charge in [-0.3, -0.25) is 4.79 Å². The molecule has 0 unspecified atom stereocenters. The molecule has 150 valence electrons. The molecule has 0 radical (unpaired) electrons. The van der Waals surface area contributed by atoms with Crippen LogP contribution < -0.4 is 0 Å². The van der Waals surface area contributed by atoms with Gasteiger partial charge in [-0.1, -0.05) is 32.2 Å². The van der Waals surface area contributed by atoms with Crippen molar-refractivity contribution in [1.29, 1.82) is 0 Å². The van der Waals surface area contributed by atoms with Gasteiger partial charge in [0, 0.05) is 17.8 Å². The van der Waals surface area contributed by atoms with Gasteiger partial charge in [-0.15, -0.1) is 5.11 Å². The molecule has 0 rings (SSSR count). The van der Waals surface area contributed by atoms with E-state index < -0.39 is 22.2 Å². The number of carbonyl (C=O) groups excluding carboxylic acids is 1. The van der Waals surface area contributed by atoms with Gasteiger partial charge in [-0.05, 0) is 54.4 Å². The zero-order chi connectivity index (χ0) is 20.8. The summed E-state index contributed by atoms with van der Waals surface area (Å²) in [6, 6.07) is 0. The lowest BCUT2D eigenvalue weighted by atomic mass is 9.72. The molecule has 0 aliphatic heterocycles. The van der Waals surface area contributed by atoms with Gasteiger partial charge in [-0.2, -0.15) is 0 Å². The van der Waals surface area contributed by atoms with E-state index in [-0.39, 0.29) is 5.78 Å². The minimum Gasteiger partial charge on any atom is -0.390 e. The summed E-state index contributed by atoms with van der Waals surface area (Å²) in [5.41, 5.74) is -2.91. The van der Waals surface area contributed by atoms with Crippen molar-refractivity contribution in [3.05, 3.63) is 25.6 Å². The summed E-state index contributed by atoms with van der Waals surface area (Å²) in [6.07, 6.45) is 3.92. The molecule has 0 bridgehead atoms. The third kappa shape index (κ3) is 7.79. The Morgan fingerprint density at radius 1 is 1.12 bits per heavy atom. The van der Waals surface area contributed by atoms with E-state index in [9.17, 15) is 9.90 Å². The number of nitrogens with zero attached hydrogens (tertiary/aromatic N) is 3. The fraction of sp³-hybridized carbons (Fsp3) is 0.750. The molecule has 0 spiro atoms. The van der Waals surface area contributed by atoms with E-state index in [1.54, 1.807) is 38.9 Å². The molecule has 0 saturated carbocycles. The standard InChI is InChI=1S/C20H37N3O3/c1-11-21-22-23(12-2)18(5,6)15-17(3,4)16(24)20(9,10)26-14-13-19(7,8)25/h11-12,25H,1-2,13-15H2,3-10H3/b22-21-. The third-order valence-electron chi connectivity index (χ3n) is 4.24. The monoisotopic (exact) mass is 367 g/mol. The molecule has 0 aromatic carbocycles. The Hall–Kier alpha value is -1.53. The highest BCUT2D eigenvalue weighted by Crippen LogP contribution is 2.37. The summed E-state index contributed by atoms with van der Waals surface area (Å²) < 4.78 is 5.82. The zero-order valence-electron chi connectivity index (χ0n) is 17.8. The average Bonchev–Trinajstić information content (AvgIpc) is 2.44. The van der Waals surface area contributed by atoms with E-state index in [1.165, 1.54) is 6.20 Å². The van der Waals surface area contributed by atoms with Crippen LogP contribution >= 0.6 is 0 Å². The molecule has 0 atom stereocenters. The topological polar surface area (TPSA) is 74.5 Å². The highest BCUT2D eigenvalue weighted by atomic mass is 16.5. The van der Waals surface area contributed by atoms with Gasteiger partial charge in [0.05, 0.1) is 17.7 Å². The predicted molar refractivity (Wildman–Crippen MR) is 106 cm³/mol. The smallest absolute Gasteiger partial charge is 0.169 e. The number of rotatable bonds is 12. The van der Waals surface area contributed by atoms with E-state index in [0.717, 1.165) is 0 Å². The first-order valence-electron chi connectivity index (χ1n) is 8.94. The lowest BCUT2D eigenvalue weighted by Gasteiger charge is -2.41. The number of carbonyl (C=O) groups is 1. The molecule has 0 aromatic heterocycles. The van der Waals surface area contributed by atoms with Gasteiger partial charge in [-0.25, -0.2) is 5.01 Å². The van der Waals surface area contributed by atoms with Crippen LogP contribution in [0.15, 0.2) is 35.9 Å². The van der Waals surface area contributed by atoms with Crippen LogP contribution in [-0.4, -0.2) is 39.2 Å². The Bertz CT molecular complexity index is 529. The Labute approximate surface area is 159 Å². The number of aliphatic hydroxyl groups is 1. The summed E-state index contributed by atoms with van der Waals surface area (Å²) in [6.45, 7) is 22.4. The van der Waals surface area contributed by atoms with Crippen LogP contribution in [-0.2, 0) is 9.53 Å². The Balaban J connectivity index is 5.21. The quantitative estimate of drug-likeness (QED) is 0.402. The van der Waals surface area contributed by atoms with Crippen molar-refractivity contribution < 1.29 is 14.6 Å². The third-order valence-corrected chi connectivity index (χ3v) is 4.24. The molecule has 0 heterocycles. The first-order valence-corrected chi connectivity index (χ1v) is 8.94. The number of hydrogen-bond acceptors (Lipinski definition) is 5. The van der Waals surface area contributed by atoms with Crippen LogP contribution in [0.3, 0.4) is 0 Å². The van der Waals surface area contributed by atoms with Crippen LogP contribution in [0.2, 0.25) is 0 Å². The van der Waals surface area contributed by atoms with E-state index in [2.05, 4.69) is 23.5 Å². The lowest BCUT2D eigenvalue weighted by Crippen LogP contribution is -2.49. The van der Waals surface area contributed by atoms with Crippen LogP contribution in [0.5, 0.6) is 0 Å². The molecule has 1 N–H and O–H groups in total. The number of ether oxygens (including phenoxy) is 1. The highest BCUT2D eigenvalue weighted by Gasteiger charge is 2.44. The Kier molecular flexibility index (Phi) is 8.39. The SMILES string of the molecule is C=C/N=N\N(C=C)C(C)(C)CC(C)(C)C(=O)C(C)(C)OCCC(C)(C)O. The second kappa shape index (κ2) is 8.91. The second-order valence-electron chi connectivity index (χ2n) is 9.04. The summed E-state index contributed by atoms with van der Waals surface area (Å²) in [5.74, 6) is -0.00140. The molecule has 0 aromatic rings. The maximum absolute atomic E-state index is 13.1. The van der Waals surface area contributed by atoms with Gasteiger partial charge in [0.25, 0.3) is 0 Å². The van der Waals surface area contributed by atoms with Gasteiger partial charge in [0.1, 0.15) is 5.60 Å². The predicted octanol–water partition coefficient (Wildman–Crippen LogP) is 4.66. The minimum absolute atomic E-state index is 0.00140. The van der Waals surface area contributed by atoms with Crippen molar-refractivity contribution in [1.82, 2.24) is 5.01 Å². The Morgan fingerprint density at radius 3 is 2.08 bits per heavy atom. The Morgan fingerprint density at radius 2 is 1.65 bits per heavy atom. The van der Waals surface area contributed by atoms with Crippen molar-refractivity contribution in [2.45, 2.75) is 85.0 Å². The van der Waals surface area contributed by atoms with Crippen molar-refractivity contribution in [3.63, 3.8) is 0 Å². The average molecular weight is 368 g/mol. The fourth-order valence-electron chi connectivity index (χ4n) is 3.18. The highest BCUT2D eigenvalue weighted by molar-refractivity contribution is 5.91. The van der Waals surface area contributed by atoms with E-state index in [4.69, 9.17) is 4.74 Å². The summed E-state index contributed by atoms with van der Waals surface area (Å²) in [7, 11) is 0. The van der Waals surface area contributed by atoms with E-state index >= 15 is 0 Å². The summed E-state index contributed by atoms with van der Waals surface area (Å²) in [5, 5.41) is 19.3. The normalized spacial score (nSPS) is 13.7. The number of ketones is 1. The molecule has 6 heteroatoms. The summed E-state index contributed by atoms with van der Waals surface area (Å²) in [4.78, 5) is 13.1. The molecule has 0 amide bonds. The summed E-state index contributed by atoms with van der Waals surface area (Å²) >= 11 is 0. The van der Waals surface area contributed by atoms with Crippen molar-refractivity contribution in [3.8, 4) is 0 Å². The fourth-order valence-corrected chi connectivity index (χ4v) is 3.18. The minimum atomic E-state index is -0.952. The molecular formula is C20H37N3O3. The van der Waals surface area contributed by atoms with Crippen LogP contribution in [0.4, 0.5) is 0 Å². The van der Waals surface area contributed by atoms with Gasteiger partial charge < -0.3 is 9.84 Å². The van der Waals surface area contributed by atoms with Crippen molar-refractivity contribution >= 4 is 5.78 Å². The van der Waals surface area contributed by atoms with Gasteiger partial charge in [0.15, 0.2) is 5.78 Å². The van der Waals surface area contributed by atoms with Gasteiger partial charge >= 0.3 is 0 Å². The van der Waals surface area contributed by atoms with Gasteiger partial charge in [0.2, 0.25) is 0 Å². The lowest BCUT2D eigenvalue weighted by molar-refractivity contribution is -0.153. The number of hydrogen-bond donors (Lipinski definition) is 1. The zero-order valence-corrected chi connectivity index (χ0v) is 17.8. The second-order valence-corrected chi connectivity index (χ2v) is 9.04. The maximum atomic E-state index is 13.1. The van der Waals surface area contributed by atoms with Crippen molar-refractivity contribution in [2.75, 3.05) is 6.61 Å². The largest absolute Gasteiger partial charge is 0.390 e. The number of Topliss-reactive ketones (excluding diaryl/α,β-unsaturated/α-hetero) is 1. The molecule has 6 nitrogen and oxygen atoms in total. The first-order chi connectivity index (χ1) is 11.6. The van der Waals surface area contributed by atoms with Crippen LogP contribution in [0.25, 0.3) is 0 Å². The molecule has 0 aliphatic rings. The molecule has 0 aliphatic carbocycles. The van der Waals surface area contributed by atoms with E-state index in [1.807, 2.05) is 27.7 Å². The first kappa shape index (κ1) is 24.5.